The van der Waals surface area contributed by atoms with Crippen molar-refractivity contribution >= 4 is 5.69 Å². The minimum atomic E-state index is 0.883. The third-order valence-electron chi connectivity index (χ3n) is 3.45. The molecule has 0 saturated heterocycles. The van der Waals surface area contributed by atoms with Crippen molar-refractivity contribution in [3.63, 3.8) is 0 Å². The second-order valence-corrected chi connectivity index (χ2v) is 5.51. The van der Waals surface area contributed by atoms with Gasteiger partial charge in [-0.15, -0.1) is 0 Å². The van der Waals surface area contributed by atoms with Crippen molar-refractivity contribution < 1.29 is 0 Å². The van der Waals surface area contributed by atoms with Crippen molar-refractivity contribution in [1.82, 2.24) is 14.8 Å². The standard InChI is InChI=1S/C15H28N4/c1-6-7-19(9-8-18(4)5)11-14-13(3)15(16)12(2)10-17-14/h10H,6-9,11H2,1-5H3,(H2,16,17). The van der Waals surface area contributed by atoms with Gasteiger partial charge in [-0.05, 0) is 52.0 Å². The lowest BCUT2D eigenvalue weighted by molar-refractivity contribution is 0.231. The first kappa shape index (κ1) is 15.9. The van der Waals surface area contributed by atoms with E-state index in [-0.39, 0.29) is 0 Å². The summed E-state index contributed by atoms with van der Waals surface area (Å²) in [6.07, 6.45) is 3.04. The Morgan fingerprint density at radius 2 is 1.84 bits per heavy atom. The van der Waals surface area contributed by atoms with Crippen LogP contribution in [-0.2, 0) is 6.54 Å². The third-order valence-corrected chi connectivity index (χ3v) is 3.45. The van der Waals surface area contributed by atoms with E-state index < -0.39 is 0 Å². The highest BCUT2D eigenvalue weighted by Crippen LogP contribution is 2.19. The Morgan fingerprint density at radius 1 is 1.16 bits per heavy atom. The molecule has 1 rings (SSSR count). The molecule has 0 spiro atoms. The van der Waals surface area contributed by atoms with Crippen molar-refractivity contribution in [3.05, 3.63) is 23.0 Å². The van der Waals surface area contributed by atoms with E-state index in [9.17, 15) is 0 Å². The summed E-state index contributed by atoms with van der Waals surface area (Å²) in [5.74, 6) is 0. The summed E-state index contributed by atoms with van der Waals surface area (Å²) in [6.45, 7) is 10.4. The van der Waals surface area contributed by atoms with Gasteiger partial charge in [0, 0.05) is 31.5 Å². The largest absolute Gasteiger partial charge is 0.398 e. The zero-order valence-electron chi connectivity index (χ0n) is 13.0. The normalized spacial score (nSPS) is 11.5. The van der Waals surface area contributed by atoms with Crippen molar-refractivity contribution in [3.8, 4) is 0 Å². The fraction of sp³-hybridized carbons (Fsp3) is 0.667. The quantitative estimate of drug-likeness (QED) is 0.819. The maximum atomic E-state index is 6.09. The number of hydrogen-bond acceptors (Lipinski definition) is 4. The van der Waals surface area contributed by atoms with E-state index in [1.165, 1.54) is 0 Å². The average molecular weight is 264 g/mol. The molecular formula is C15H28N4. The first-order valence-corrected chi connectivity index (χ1v) is 7.03. The van der Waals surface area contributed by atoms with Gasteiger partial charge in [0.15, 0.2) is 0 Å². The third kappa shape index (κ3) is 4.80. The molecule has 0 bridgehead atoms. The van der Waals surface area contributed by atoms with Gasteiger partial charge in [0.25, 0.3) is 0 Å². The monoisotopic (exact) mass is 264 g/mol. The van der Waals surface area contributed by atoms with Gasteiger partial charge in [-0.1, -0.05) is 6.92 Å². The Labute approximate surface area is 117 Å². The molecule has 0 atom stereocenters. The molecule has 4 nitrogen and oxygen atoms in total. The first-order valence-electron chi connectivity index (χ1n) is 7.03. The molecule has 0 aliphatic carbocycles. The molecule has 108 valence electrons. The highest BCUT2D eigenvalue weighted by atomic mass is 15.2. The topological polar surface area (TPSA) is 45.4 Å². The van der Waals surface area contributed by atoms with Crippen molar-refractivity contribution in [2.75, 3.05) is 39.5 Å². The van der Waals surface area contributed by atoms with E-state index in [2.05, 4.69) is 42.7 Å². The van der Waals surface area contributed by atoms with Crippen molar-refractivity contribution in [2.45, 2.75) is 33.7 Å². The molecule has 0 saturated carbocycles. The molecule has 0 unspecified atom stereocenters. The van der Waals surface area contributed by atoms with Crippen LogP contribution in [0.1, 0.15) is 30.2 Å². The average Bonchev–Trinajstić information content (AvgIpc) is 2.36. The molecular weight excluding hydrogens is 236 g/mol. The van der Waals surface area contributed by atoms with E-state index in [1.54, 1.807) is 0 Å². The van der Waals surface area contributed by atoms with Crippen molar-refractivity contribution in [2.24, 2.45) is 0 Å². The lowest BCUT2D eigenvalue weighted by Gasteiger charge is -2.24. The van der Waals surface area contributed by atoms with E-state index in [4.69, 9.17) is 5.73 Å². The summed E-state index contributed by atoms with van der Waals surface area (Å²) < 4.78 is 0. The Morgan fingerprint density at radius 3 is 2.42 bits per heavy atom. The second-order valence-electron chi connectivity index (χ2n) is 5.51. The number of nitrogens with two attached hydrogens (primary N) is 1. The summed E-state index contributed by atoms with van der Waals surface area (Å²) in [4.78, 5) is 9.22. The van der Waals surface area contributed by atoms with Crippen LogP contribution in [-0.4, -0.2) is 48.5 Å². The number of aromatic nitrogens is 1. The molecule has 19 heavy (non-hydrogen) atoms. The zero-order chi connectivity index (χ0) is 14.4. The van der Waals surface area contributed by atoms with Gasteiger partial charge in [0.2, 0.25) is 0 Å². The van der Waals surface area contributed by atoms with Crippen LogP contribution in [0.5, 0.6) is 0 Å². The molecule has 0 radical (unpaired) electrons. The number of likely N-dealkylation sites (N-methyl/N-ethyl adjacent to an activating group) is 1. The van der Waals surface area contributed by atoms with E-state index in [0.29, 0.717) is 0 Å². The van der Waals surface area contributed by atoms with Crippen LogP contribution in [0.3, 0.4) is 0 Å². The Bertz CT molecular complexity index is 401. The Kier molecular flexibility index (Phi) is 6.25. The van der Waals surface area contributed by atoms with Gasteiger partial charge < -0.3 is 10.6 Å². The molecule has 1 heterocycles. The van der Waals surface area contributed by atoms with E-state index in [1.807, 2.05) is 13.1 Å². The fourth-order valence-electron chi connectivity index (χ4n) is 2.09. The highest BCUT2D eigenvalue weighted by Gasteiger charge is 2.11. The van der Waals surface area contributed by atoms with Gasteiger partial charge >= 0.3 is 0 Å². The molecule has 2 N–H and O–H groups in total. The predicted molar refractivity (Wildman–Crippen MR) is 82.2 cm³/mol. The lowest BCUT2D eigenvalue weighted by atomic mass is 10.1. The number of nitrogens with zero attached hydrogens (tertiary/aromatic N) is 3. The number of anilines is 1. The summed E-state index contributed by atoms with van der Waals surface area (Å²) in [6, 6.07) is 0. The molecule has 0 fully saturated rings. The van der Waals surface area contributed by atoms with Gasteiger partial charge in [-0.2, -0.15) is 0 Å². The minimum absolute atomic E-state index is 0.883. The lowest BCUT2D eigenvalue weighted by Crippen LogP contribution is -2.32. The van der Waals surface area contributed by atoms with Gasteiger partial charge in [-0.3, -0.25) is 9.88 Å². The summed E-state index contributed by atoms with van der Waals surface area (Å²) in [7, 11) is 4.22. The smallest absolute Gasteiger partial charge is 0.0593 e. The Hall–Kier alpha value is -1.13. The van der Waals surface area contributed by atoms with Crippen LogP contribution >= 0.6 is 0 Å². The Balaban J connectivity index is 2.75. The first-order chi connectivity index (χ1) is 8.95. The van der Waals surface area contributed by atoms with Crippen LogP contribution in [0.4, 0.5) is 5.69 Å². The van der Waals surface area contributed by atoms with Crippen LogP contribution in [0.15, 0.2) is 6.20 Å². The number of nitrogen functional groups attached to an aromatic ring is 1. The van der Waals surface area contributed by atoms with Gasteiger partial charge in [-0.25, -0.2) is 0 Å². The number of aryl methyl sites for hydroxylation is 1. The van der Waals surface area contributed by atoms with E-state index >= 15 is 0 Å². The highest BCUT2D eigenvalue weighted by molar-refractivity contribution is 5.53. The number of pyridine rings is 1. The number of hydrogen-bond donors (Lipinski definition) is 1. The van der Waals surface area contributed by atoms with Crippen LogP contribution in [0.25, 0.3) is 0 Å². The molecule has 0 aromatic carbocycles. The molecule has 0 amide bonds. The predicted octanol–water partition coefficient (Wildman–Crippen LogP) is 2.05. The van der Waals surface area contributed by atoms with Gasteiger partial charge in [0.1, 0.15) is 0 Å². The van der Waals surface area contributed by atoms with Crippen LogP contribution in [0, 0.1) is 13.8 Å². The van der Waals surface area contributed by atoms with Gasteiger partial charge in [0.05, 0.1) is 5.69 Å². The van der Waals surface area contributed by atoms with Crippen molar-refractivity contribution in [1.29, 1.82) is 0 Å². The fourth-order valence-corrected chi connectivity index (χ4v) is 2.09. The minimum Gasteiger partial charge on any atom is -0.398 e. The summed E-state index contributed by atoms with van der Waals surface area (Å²) in [5.41, 5.74) is 10.3. The summed E-state index contributed by atoms with van der Waals surface area (Å²) in [5, 5.41) is 0. The van der Waals surface area contributed by atoms with Crippen LogP contribution in [0.2, 0.25) is 0 Å². The second kappa shape index (κ2) is 7.46. The SMILES string of the molecule is CCCN(CCN(C)C)Cc1ncc(C)c(N)c1C. The zero-order valence-corrected chi connectivity index (χ0v) is 13.0. The van der Waals surface area contributed by atoms with Crippen LogP contribution < -0.4 is 5.73 Å². The molecule has 4 heteroatoms. The molecule has 1 aromatic rings. The molecule has 0 aliphatic heterocycles. The maximum absolute atomic E-state index is 6.09. The summed E-state index contributed by atoms with van der Waals surface area (Å²) >= 11 is 0. The van der Waals surface area contributed by atoms with E-state index in [0.717, 1.165) is 55.1 Å². The maximum Gasteiger partial charge on any atom is 0.0593 e. The molecule has 1 aromatic heterocycles. The number of rotatable bonds is 7. The molecule has 0 aliphatic rings.